The molecule has 3 rings (SSSR count). The first-order valence-electron chi connectivity index (χ1n) is 11.3. The van der Waals surface area contributed by atoms with Gasteiger partial charge in [0.25, 0.3) is 5.91 Å². The van der Waals surface area contributed by atoms with Crippen molar-refractivity contribution in [1.29, 1.82) is 0 Å². The lowest BCUT2D eigenvalue weighted by molar-refractivity contribution is 0.0953. The van der Waals surface area contributed by atoms with Crippen LogP contribution in [0.1, 0.15) is 60.3 Å². The second-order valence-corrected chi connectivity index (χ2v) is 8.96. The fourth-order valence-electron chi connectivity index (χ4n) is 3.80. The van der Waals surface area contributed by atoms with Crippen LogP contribution >= 0.6 is 11.8 Å². The number of anilines is 1. The zero-order chi connectivity index (χ0) is 22.9. The van der Waals surface area contributed by atoms with Gasteiger partial charge in [0.15, 0.2) is 0 Å². The Morgan fingerprint density at radius 3 is 2.62 bits per heavy atom. The molecule has 1 heterocycles. The summed E-state index contributed by atoms with van der Waals surface area (Å²) < 4.78 is 11.7. The lowest BCUT2D eigenvalue weighted by Crippen LogP contribution is -2.23. The van der Waals surface area contributed by atoms with Gasteiger partial charge in [0.1, 0.15) is 17.1 Å². The number of hydrogen-bond donors (Lipinski definition) is 2. The summed E-state index contributed by atoms with van der Waals surface area (Å²) in [5.41, 5.74) is 3.66. The van der Waals surface area contributed by atoms with Crippen LogP contribution in [0.5, 0.6) is 5.75 Å². The van der Waals surface area contributed by atoms with Crippen LogP contribution in [0.2, 0.25) is 0 Å². The molecular weight excluding hydrogens is 420 g/mol. The van der Waals surface area contributed by atoms with E-state index in [-0.39, 0.29) is 11.9 Å². The molecule has 0 aliphatic carbocycles. The average molecular weight is 455 g/mol. The monoisotopic (exact) mass is 454 g/mol. The van der Waals surface area contributed by atoms with Crippen molar-refractivity contribution < 1.29 is 13.9 Å². The van der Waals surface area contributed by atoms with E-state index >= 15 is 0 Å². The highest BCUT2D eigenvalue weighted by Crippen LogP contribution is 2.35. The molecule has 6 heteroatoms. The van der Waals surface area contributed by atoms with Gasteiger partial charge >= 0.3 is 0 Å². The highest BCUT2D eigenvalue weighted by Gasteiger charge is 2.21. The Hall–Kier alpha value is -2.60. The zero-order valence-electron chi connectivity index (χ0n) is 19.5. The molecule has 0 fully saturated rings. The van der Waals surface area contributed by atoms with E-state index in [1.54, 1.807) is 7.11 Å². The van der Waals surface area contributed by atoms with Crippen molar-refractivity contribution in [2.45, 2.75) is 45.6 Å². The van der Waals surface area contributed by atoms with Crippen molar-refractivity contribution in [3.05, 3.63) is 59.4 Å². The first-order chi connectivity index (χ1) is 15.6. The van der Waals surface area contributed by atoms with Crippen molar-refractivity contribution in [2.24, 2.45) is 0 Å². The van der Waals surface area contributed by atoms with Crippen LogP contribution in [0.3, 0.4) is 0 Å². The standard InChI is InChI=1S/C26H34N2O3S/c1-5-15-27-26(29)19-9-11-20(12-10-19)28-23(8-6-7-16-32-4)25-18(2)22-17-21(30-3)13-14-24(22)31-25/h9-14,17,23,28H,5-8,15-16H2,1-4H3,(H,27,29). The predicted octanol–water partition coefficient (Wildman–Crippen LogP) is 6.58. The molecule has 0 radical (unpaired) electrons. The van der Waals surface area contributed by atoms with Crippen molar-refractivity contribution in [3.8, 4) is 5.75 Å². The van der Waals surface area contributed by atoms with Crippen LogP contribution in [0.15, 0.2) is 46.9 Å². The van der Waals surface area contributed by atoms with E-state index in [4.69, 9.17) is 9.15 Å². The van der Waals surface area contributed by atoms with Gasteiger partial charge in [-0.3, -0.25) is 4.79 Å². The van der Waals surface area contributed by atoms with Gasteiger partial charge in [-0.1, -0.05) is 13.3 Å². The fourth-order valence-corrected chi connectivity index (χ4v) is 4.29. The molecule has 172 valence electrons. The van der Waals surface area contributed by atoms with E-state index in [0.717, 1.165) is 58.7 Å². The number of aryl methyl sites for hydroxylation is 1. The molecule has 2 aromatic carbocycles. The number of benzene rings is 2. The number of furan rings is 1. The maximum atomic E-state index is 12.2. The Kier molecular flexibility index (Phi) is 8.91. The highest BCUT2D eigenvalue weighted by molar-refractivity contribution is 7.98. The summed E-state index contributed by atoms with van der Waals surface area (Å²) in [6.07, 6.45) is 6.31. The van der Waals surface area contributed by atoms with E-state index in [9.17, 15) is 4.79 Å². The molecule has 1 atom stereocenters. The summed E-state index contributed by atoms with van der Waals surface area (Å²) >= 11 is 1.88. The van der Waals surface area contributed by atoms with E-state index in [1.165, 1.54) is 6.42 Å². The molecule has 0 spiro atoms. The fraction of sp³-hybridized carbons (Fsp3) is 0.423. The number of fused-ring (bicyclic) bond motifs is 1. The summed E-state index contributed by atoms with van der Waals surface area (Å²) in [6, 6.07) is 13.7. The van der Waals surface area contributed by atoms with Crippen LogP contribution < -0.4 is 15.4 Å². The summed E-state index contributed by atoms with van der Waals surface area (Å²) in [4.78, 5) is 12.2. The topological polar surface area (TPSA) is 63.5 Å². The molecule has 1 unspecified atom stereocenters. The van der Waals surface area contributed by atoms with Gasteiger partial charge in [-0.25, -0.2) is 0 Å². The molecule has 0 aliphatic rings. The van der Waals surface area contributed by atoms with Gasteiger partial charge in [-0.15, -0.1) is 0 Å². The molecule has 2 N–H and O–H groups in total. The third-order valence-corrected chi connectivity index (χ3v) is 6.31. The quantitative estimate of drug-likeness (QED) is 0.303. The smallest absolute Gasteiger partial charge is 0.251 e. The molecule has 5 nitrogen and oxygen atoms in total. The molecule has 0 saturated heterocycles. The number of amides is 1. The number of methoxy groups -OCH3 is 1. The second kappa shape index (κ2) is 11.9. The first-order valence-corrected chi connectivity index (χ1v) is 12.7. The number of rotatable bonds is 12. The van der Waals surface area contributed by atoms with Gasteiger partial charge in [-0.05, 0) is 80.7 Å². The predicted molar refractivity (Wildman–Crippen MR) is 135 cm³/mol. The average Bonchev–Trinajstić information content (AvgIpc) is 3.15. The number of hydrogen-bond acceptors (Lipinski definition) is 5. The van der Waals surface area contributed by atoms with Crippen molar-refractivity contribution in [2.75, 3.05) is 31.0 Å². The summed E-state index contributed by atoms with van der Waals surface area (Å²) in [5.74, 6) is 2.91. The lowest BCUT2D eigenvalue weighted by Gasteiger charge is -2.19. The van der Waals surface area contributed by atoms with Crippen molar-refractivity contribution >= 4 is 34.3 Å². The highest BCUT2D eigenvalue weighted by atomic mass is 32.2. The van der Waals surface area contributed by atoms with Gasteiger partial charge in [0.05, 0.1) is 13.2 Å². The van der Waals surface area contributed by atoms with Crippen LogP contribution in [-0.4, -0.2) is 31.6 Å². The molecule has 1 aromatic heterocycles. The Morgan fingerprint density at radius 1 is 1.16 bits per heavy atom. The van der Waals surface area contributed by atoms with Gasteiger partial charge in [-0.2, -0.15) is 11.8 Å². The maximum Gasteiger partial charge on any atom is 0.251 e. The number of carbonyl (C=O) groups is 1. The molecule has 32 heavy (non-hydrogen) atoms. The van der Waals surface area contributed by atoms with Crippen LogP contribution in [-0.2, 0) is 0 Å². The summed E-state index contributed by atoms with van der Waals surface area (Å²) in [7, 11) is 1.68. The van der Waals surface area contributed by atoms with Crippen LogP contribution in [0.25, 0.3) is 11.0 Å². The van der Waals surface area contributed by atoms with Gasteiger partial charge in [0.2, 0.25) is 0 Å². The van der Waals surface area contributed by atoms with Crippen LogP contribution in [0, 0.1) is 6.92 Å². The third-order valence-electron chi connectivity index (χ3n) is 5.61. The first kappa shape index (κ1) is 24.1. The minimum absolute atomic E-state index is 0.0332. The SMILES string of the molecule is CCCNC(=O)c1ccc(NC(CCCCSC)c2oc3ccc(OC)cc3c2C)cc1. The number of ether oxygens (including phenoxy) is 1. The molecule has 0 aliphatic heterocycles. The van der Waals surface area contributed by atoms with Crippen molar-refractivity contribution in [3.63, 3.8) is 0 Å². The normalized spacial score (nSPS) is 12.0. The largest absolute Gasteiger partial charge is 0.497 e. The minimum Gasteiger partial charge on any atom is -0.497 e. The van der Waals surface area contributed by atoms with E-state index < -0.39 is 0 Å². The van der Waals surface area contributed by atoms with E-state index in [0.29, 0.717) is 12.1 Å². The molecule has 1 amide bonds. The molecule has 0 bridgehead atoms. The van der Waals surface area contributed by atoms with Crippen molar-refractivity contribution in [1.82, 2.24) is 5.32 Å². The number of nitrogens with one attached hydrogen (secondary N) is 2. The Labute approximate surface area is 195 Å². The Morgan fingerprint density at radius 2 is 1.94 bits per heavy atom. The molecular formula is C26H34N2O3S. The zero-order valence-corrected chi connectivity index (χ0v) is 20.3. The molecule has 0 saturated carbocycles. The Balaban J connectivity index is 1.82. The Bertz CT molecular complexity index is 1010. The minimum atomic E-state index is -0.0332. The molecule has 3 aromatic rings. The van der Waals surface area contributed by atoms with E-state index in [2.05, 4.69) is 23.8 Å². The number of unbranched alkanes of at least 4 members (excludes halogenated alkanes) is 1. The van der Waals surface area contributed by atoms with Crippen LogP contribution in [0.4, 0.5) is 5.69 Å². The second-order valence-electron chi connectivity index (χ2n) is 7.97. The maximum absolute atomic E-state index is 12.2. The van der Waals surface area contributed by atoms with Gasteiger partial charge in [0, 0.05) is 28.7 Å². The summed E-state index contributed by atoms with van der Waals surface area (Å²) in [6.45, 7) is 4.84. The van der Waals surface area contributed by atoms with E-state index in [1.807, 2.05) is 61.2 Å². The number of carbonyl (C=O) groups excluding carboxylic acids is 1. The lowest BCUT2D eigenvalue weighted by atomic mass is 10.0. The van der Waals surface area contributed by atoms with Gasteiger partial charge < -0.3 is 19.8 Å². The summed E-state index contributed by atoms with van der Waals surface area (Å²) in [5, 5.41) is 7.65. The third kappa shape index (κ3) is 6.00. The number of thioether (sulfide) groups is 1.